The number of pyridine rings is 1. The van der Waals surface area contributed by atoms with Crippen molar-refractivity contribution < 1.29 is 27.4 Å². The van der Waals surface area contributed by atoms with E-state index in [1.165, 1.54) is 12.4 Å². The fourth-order valence-corrected chi connectivity index (χ4v) is 4.18. The number of nitrogens with zero attached hydrogens (tertiary/aromatic N) is 5. The highest BCUT2D eigenvalue weighted by molar-refractivity contribution is 6.31. The van der Waals surface area contributed by atoms with Crippen LogP contribution in [0.15, 0.2) is 41.5 Å². The number of benzene rings is 2. The van der Waals surface area contributed by atoms with Crippen molar-refractivity contribution in [2.75, 3.05) is 18.8 Å². The van der Waals surface area contributed by atoms with Gasteiger partial charge < -0.3 is 25.3 Å². The zero-order chi connectivity index (χ0) is 26.7. The van der Waals surface area contributed by atoms with Crippen LogP contribution in [0.4, 0.5) is 18.9 Å². The number of hydrogen-bond donors (Lipinski definition) is 1. The quantitative estimate of drug-likeness (QED) is 0.403. The Morgan fingerprint density at radius 1 is 1.27 bits per heavy atom. The van der Waals surface area contributed by atoms with Crippen LogP contribution in [-0.4, -0.2) is 42.6 Å². The predicted molar refractivity (Wildman–Crippen MR) is 133 cm³/mol. The molecule has 196 valence electrons. The molecule has 0 saturated carbocycles. The molecule has 1 aliphatic rings. The number of carbonyl (C=O) groups is 1. The first-order chi connectivity index (χ1) is 17.6. The van der Waals surface area contributed by atoms with E-state index in [1.54, 1.807) is 36.3 Å². The van der Waals surface area contributed by atoms with Crippen molar-refractivity contribution in [2.24, 2.45) is 5.10 Å². The molecule has 0 bridgehead atoms. The average molecular weight is 536 g/mol. The normalized spacial score (nSPS) is 13.8. The first-order valence-corrected chi connectivity index (χ1v) is 11.5. The van der Waals surface area contributed by atoms with E-state index < -0.39 is 31.0 Å². The van der Waals surface area contributed by atoms with E-state index in [0.29, 0.717) is 22.4 Å². The number of anilines is 1. The standard InChI is InChI=1S/C24H24ClF3N6O3/c1-13-7-20(34-30-12-29-33(34)3)16-5-4-6-21(23(16)31-13)36-10-18-17(8-15(26)9-19(18)25)14(2)32-22(35)11-37-24(27)28/h4-9,12,14,24H,10-11H2,1-3H3,(H2,29,30,32,35)/p-1/t14-/m0/s1. The van der Waals surface area contributed by atoms with Gasteiger partial charge in [0.05, 0.1) is 16.8 Å². The maximum atomic E-state index is 14.2. The highest BCUT2D eigenvalue weighted by atomic mass is 35.5. The summed E-state index contributed by atoms with van der Waals surface area (Å²) in [7, 11) is 1.76. The van der Waals surface area contributed by atoms with Crippen molar-refractivity contribution in [3.05, 3.63) is 69.5 Å². The van der Waals surface area contributed by atoms with Crippen LogP contribution in [0.2, 0.25) is 5.02 Å². The summed E-state index contributed by atoms with van der Waals surface area (Å²) in [4.78, 5) is 16.6. The minimum atomic E-state index is -3.08. The molecule has 1 N–H and O–H groups in total. The Kier molecular flexibility index (Phi) is 7.89. The molecule has 1 amide bonds. The molecule has 4 rings (SSSR count). The minimum Gasteiger partial charge on any atom is -0.487 e. The van der Waals surface area contributed by atoms with Crippen LogP contribution in [0.25, 0.3) is 16.3 Å². The van der Waals surface area contributed by atoms with Crippen LogP contribution >= 0.6 is 11.6 Å². The van der Waals surface area contributed by atoms with Crippen molar-refractivity contribution >= 4 is 40.4 Å². The molecule has 0 spiro atoms. The van der Waals surface area contributed by atoms with Crippen LogP contribution in [0.1, 0.15) is 29.8 Å². The Morgan fingerprint density at radius 2 is 2.05 bits per heavy atom. The van der Waals surface area contributed by atoms with Gasteiger partial charge in [0, 0.05) is 23.7 Å². The van der Waals surface area contributed by atoms with Gasteiger partial charge in [0.2, 0.25) is 5.91 Å². The second-order valence-electron chi connectivity index (χ2n) is 8.17. The van der Waals surface area contributed by atoms with E-state index in [1.807, 2.05) is 19.1 Å². The molecule has 1 aliphatic heterocycles. The Morgan fingerprint density at radius 3 is 2.76 bits per heavy atom. The number of nitrogens with one attached hydrogen (secondary N) is 1. The van der Waals surface area contributed by atoms with Crippen molar-refractivity contribution in [1.29, 1.82) is 0 Å². The van der Waals surface area contributed by atoms with E-state index in [2.05, 4.69) is 25.6 Å². The third kappa shape index (κ3) is 5.97. The number of halogens is 4. The second kappa shape index (κ2) is 11.1. The summed E-state index contributed by atoms with van der Waals surface area (Å²) >= 11 is 6.34. The number of ether oxygens (including phenoxy) is 2. The fourth-order valence-electron chi connectivity index (χ4n) is 3.91. The number of hydrazone groups is 1. The van der Waals surface area contributed by atoms with E-state index in [0.717, 1.165) is 22.8 Å². The summed E-state index contributed by atoms with van der Waals surface area (Å²) in [6.45, 7) is -0.595. The maximum Gasteiger partial charge on any atom is 0.345 e. The van der Waals surface area contributed by atoms with E-state index in [4.69, 9.17) is 16.3 Å². The number of hydrogen-bond acceptors (Lipinski definition) is 7. The predicted octanol–water partition coefficient (Wildman–Crippen LogP) is 5.23. The molecule has 0 aliphatic carbocycles. The highest BCUT2D eigenvalue weighted by Gasteiger charge is 2.20. The molecule has 0 unspecified atom stereocenters. The number of alkyl halides is 2. The van der Waals surface area contributed by atoms with Gasteiger partial charge in [-0.25, -0.2) is 9.37 Å². The van der Waals surface area contributed by atoms with Crippen LogP contribution in [0.5, 0.6) is 5.75 Å². The number of carbonyl (C=O) groups excluding carboxylic acids is 1. The van der Waals surface area contributed by atoms with Crippen LogP contribution in [0.3, 0.4) is 0 Å². The number of amides is 1. The summed E-state index contributed by atoms with van der Waals surface area (Å²) in [5, 5.41) is 10.7. The lowest BCUT2D eigenvalue weighted by Gasteiger charge is -2.33. The topological polar surface area (TPSA) is 93.4 Å². The summed E-state index contributed by atoms with van der Waals surface area (Å²) in [6.07, 6.45) is 1.43. The first-order valence-electron chi connectivity index (χ1n) is 11.1. The number of aromatic nitrogens is 1. The Bertz CT molecular complexity index is 1340. The summed E-state index contributed by atoms with van der Waals surface area (Å²) < 4.78 is 48.8. The molecule has 9 nitrogen and oxygen atoms in total. The third-order valence-corrected chi connectivity index (χ3v) is 5.87. The molecular formula is C24H23ClF3N6O3-. The Hall–Kier alpha value is -3.77. The lowest BCUT2D eigenvalue weighted by atomic mass is 10.0. The minimum absolute atomic E-state index is 0.0800. The van der Waals surface area contributed by atoms with Crippen molar-refractivity contribution in [2.45, 2.75) is 33.1 Å². The Balaban J connectivity index is 1.61. The third-order valence-electron chi connectivity index (χ3n) is 5.53. The van der Waals surface area contributed by atoms with Crippen LogP contribution in [-0.2, 0) is 16.1 Å². The summed E-state index contributed by atoms with van der Waals surface area (Å²) in [5.74, 6) is -0.970. The molecule has 2 aromatic carbocycles. The zero-order valence-electron chi connectivity index (χ0n) is 20.1. The van der Waals surface area contributed by atoms with Gasteiger partial charge in [0.15, 0.2) is 0 Å². The fraction of sp³-hybridized carbons (Fsp3) is 0.292. The van der Waals surface area contributed by atoms with Crippen molar-refractivity contribution in [3.63, 3.8) is 0 Å². The van der Waals surface area contributed by atoms with Gasteiger partial charge in [0.25, 0.3) is 0 Å². The summed E-state index contributed by atoms with van der Waals surface area (Å²) in [5.41, 5.74) is 7.04. The molecule has 0 radical (unpaired) electrons. The summed E-state index contributed by atoms with van der Waals surface area (Å²) in [6, 6.07) is 8.86. The largest absolute Gasteiger partial charge is 0.487 e. The molecular weight excluding hydrogens is 513 g/mol. The first kappa shape index (κ1) is 26.3. The number of para-hydroxylation sites is 1. The van der Waals surface area contributed by atoms with E-state index >= 15 is 0 Å². The number of rotatable bonds is 9. The number of hydrazine groups is 1. The maximum absolute atomic E-state index is 14.2. The second-order valence-corrected chi connectivity index (χ2v) is 8.57. The molecule has 13 heteroatoms. The van der Waals surface area contributed by atoms with Gasteiger partial charge in [-0.1, -0.05) is 30.1 Å². The smallest absolute Gasteiger partial charge is 0.345 e. The van der Waals surface area contributed by atoms with Gasteiger partial charge in [0.1, 0.15) is 30.3 Å². The molecule has 0 saturated heterocycles. The SMILES string of the molecule is Cc1cc(N2[N-]C=NN2C)c2cccc(OCc3c(Cl)cc(F)cc3[C@H](C)NC(=O)COC(F)F)c2n1. The van der Waals surface area contributed by atoms with Gasteiger partial charge in [-0.2, -0.15) is 8.78 Å². The number of fused-ring (bicyclic) bond motifs is 1. The lowest BCUT2D eigenvalue weighted by Crippen LogP contribution is -2.31. The van der Waals surface area contributed by atoms with Crippen LogP contribution < -0.4 is 15.2 Å². The molecule has 1 aromatic heterocycles. The zero-order valence-corrected chi connectivity index (χ0v) is 20.8. The van der Waals surface area contributed by atoms with E-state index in [9.17, 15) is 18.0 Å². The monoisotopic (exact) mass is 535 g/mol. The lowest BCUT2D eigenvalue weighted by molar-refractivity contribution is -0.152. The average Bonchev–Trinajstić information content (AvgIpc) is 3.27. The Labute approximate surface area is 215 Å². The van der Waals surface area contributed by atoms with Gasteiger partial charge >= 0.3 is 6.61 Å². The van der Waals surface area contributed by atoms with Gasteiger partial charge in [-0.15, -0.1) is 0 Å². The highest BCUT2D eigenvalue weighted by Crippen LogP contribution is 2.36. The molecule has 37 heavy (non-hydrogen) atoms. The van der Waals surface area contributed by atoms with Gasteiger partial charge in [-0.3, -0.25) is 15.0 Å². The molecule has 3 aromatic rings. The number of aryl methyl sites for hydroxylation is 1. The van der Waals surface area contributed by atoms with Crippen molar-refractivity contribution in [1.82, 2.24) is 15.4 Å². The molecule has 2 heterocycles. The molecule has 0 fully saturated rings. The van der Waals surface area contributed by atoms with Gasteiger partial charge in [-0.05, 0) is 43.7 Å². The van der Waals surface area contributed by atoms with Crippen molar-refractivity contribution in [3.8, 4) is 5.75 Å². The van der Waals surface area contributed by atoms with E-state index in [-0.39, 0.29) is 11.6 Å². The van der Waals surface area contributed by atoms with Crippen LogP contribution in [0, 0.1) is 12.7 Å². The molecule has 1 atom stereocenters.